The smallest absolute Gasteiger partial charge is 0.691 e. The van der Waals surface area contributed by atoms with E-state index in [4.69, 9.17) is 20.3 Å². The maximum Gasteiger partial charge on any atom is 1.00 e. The Morgan fingerprint density at radius 1 is 1.00 bits per heavy atom. The van der Waals surface area contributed by atoms with Crippen molar-refractivity contribution in [1.82, 2.24) is 14.9 Å². The second kappa shape index (κ2) is 20.0. The van der Waals surface area contributed by atoms with E-state index >= 15 is 0 Å². The fourth-order valence-electron chi connectivity index (χ4n) is 4.83. The summed E-state index contributed by atoms with van der Waals surface area (Å²) in [5.74, 6) is 0.454. The molecule has 3 aromatic carbocycles. The number of rotatable bonds is 14. The SMILES string of the molecule is CCN(CCC#N)c1ccc(N=C2C(C(C)(C)C)=Nn3nc(-c4ccc(NC(=O)c5cc(SOO[O-])cc(SOO[O-])c5)cc4)nc32)cc1.[Na+].[Na+]. The summed E-state index contributed by atoms with van der Waals surface area (Å²) >= 11 is 1.15. The van der Waals surface area contributed by atoms with Crippen LogP contribution in [0.4, 0.5) is 17.1 Å². The molecule has 51 heavy (non-hydrogen) atoms. The Kier molecular flexibility index (Phi) is 16.8. The second-order valence-corrected chi connectivity index (χ2v) is 13.0. The van der Waals surface area contributed by atoms with Crippen LogP contribution in [0, 0.1) is 16.7 Å². The molecule has 0 radical (unpaired) electrons. The Labute approximate surface area is 347 Å². The van der Waals surface area contributed by atoms with Crippen molar-refractivity contribution in [1.29, 1.82) is 5.26 Å². The Balaban J connectivity index is 0.00000351. The number of nitriles is 1. The van der Waals surface area contributed by atoms with E-state index in [9.17, 15) is 15.3 Å². The zero-order valence-electron chi connectivity index (χ0n) is 28.8. The number of nitrogens with zero attached hydrogens (tertiary/aromatic N) is 7. The Hall–Kier alpha value is -2.64. The van der Waals surface area contributed by atoms with Gasteiger partial charge in [-0.05, 0) is 73.7 Å². The molecule has 2 heterocycles. The minimum atomic E-state index is -0.482. The van der Waals surface area contributed by atoms with Crippen LogP contribution in [0.1, 0.15) is 50.3 Å². The molecule has 0 saturated heterocycles. The third-order valence-corrected chi connectivity index (χ3v) is 8.23. The number of amides is 1. The van der Waals surface area contributed by atoms with Crippen molar-refractivity contribution >= 4 is 58.5 Å². The summed E-state index contributed by atoms with van der Waals surface area (Å²) in [7, 11) is 0. The third kappa shape index (κ3) is 11.2. The molecular weight excluding hydrogens is 719 g/mol. The van der Waals surface area contributed by atoms with E-state index in [0.29, 0.717) is 75.5 Å². The summed E-state index contributed by atoms with van der Waals surface area (Å²) in [4.78, 5) is 27.1. The molecule has 1 aliphatic rings. The average Bonchev–Trinajstić information content (AvgIpc) is 3.67. The number of carbonyl (C=O) groups excluding carboxylic acids is 1. The predicted molar refractivity (Wildman–Crippen MR) is 179 cm³/mol. The molecule has 0 atom stereocenters. The number of nitrogens with one attached hydrogen (secondary N) is 1. The fraction of sp³-hybridized carbons (Fsp3) is 0.250. The van der Waals surface area contributed by atoms with Gasteiger partial charge in [-0.3, -0.25) is 14.9 Å². The van der Waals surface area contributed by atoms with Crippen LogP contribution in [-0.4, -0.2) is 45.3 Å². The van der Waals surface area contributed by atoms with Gasteiger partial charge >= 0.3 is 59.1 Å². The van der Waals surface area contributed by atoms with Crippen molar-refractivity contribution in [2.75, 3.05) is 23.3 Å². The van der Waals surface area contributed by atoms with Crippen LogP contribution >= 0.6 is 24.1 Å². The molecule has 4 aromatic rings. The molecule has 1 aliphatic heterocycles. The summed E-state index contributed by atoms with van der Waals surface area (Å²) in [5, 5.41) is 48.4. The van der Waals surface area contributed by atoms with Crippen molar-refractivity contribution in [2.24, 2.45) is 15.5 Å². The van der Waals surface area contributed by atoms with Crippen molar-refractivity contribution in [2.45, 2.75) is 43.9 Å². The molecule has 15 nitrogen and oxygen atoms in total. The van der Waals surface area contributed by atoms with E-state index in [2.05, 4.69) is 67.8 Å². The summed E-state index contributed by atoms with van der Waals surface area (Å²) in [5.41, 5.74) is 4.15. The van der Waals surface area contributed by atoms with Gasteiger partial charge < -0.3 is 20.7 Å². The molecule has 1 aromatic heterocycles. The quantitative estimate of drug-likeness (QED) is 0.0700. The number of benzene rings is 3. The van der Waals surface area contributed by atoms with Crippen molar-refractivity contribution in [3.8, 4) is 17.5 Å². The maximum atomic E-state index is 13.1. The minimum absolute atomic E-state index is 0. The molecule has 1 N–H and O–H groups in total. The van der Waals surface area contributed by atoms with Gasteiger partial charge in [0.05, 0.1) is 48.0 Å². The first-order valence-corrected chi connectivity index (χ1v) is 16.3. The van der Waals surface area contributed by atoms with Crippen LogP contribution in [0.3, 0.4) is 0 Å². The zero-order chi connectivity index (χ0) is 35.0. The van der Waals surface area contributed by atoms with E-state index in [0.717, 1.165) is 23.6 Å². The van der Waals surface area contributed by atoms with Crippen LogP contribution in [0.15, 0.2) is 86.6 Å². The second-order valence-electron chi connectivity index (χ2n) is 11.5. The van der Waals surface area contributed by atoms with Crippen molar-refractivity contribution in [3.05, 3.63) is 78.1 Å². The first-order chi connectivity index (χ1) is 23.6. The molecule has 0 unspecified atom stereocenters. The summed E-state index contributed by atoms with van der Waals surface area (Å²) in [6.45, 7) is 9.65. The first kappa shape index (κ1) is 42.8. The van der Waals surface area contributed by atoms with Gasteiger partial charge in [0.2, 0.25) is 5.82 Å². The van der Waals surface area contributed by atoms with Crippen molar-refractivity contribution in [3.63, 3.8) is 0 Å². The number of fused-ring (bicyclic) bond motifs is 1. The van der Waals surface area contributed by atoms with Crippen LogP contribution in [0.25, 0.3) is 11.4 Å². The monoisotopic (exact) mass is 748 g/mol. The Morgan fingerprint density at radius 2 is 1.63 bits per heavy atom. The Bertz CT molecular complexity index is 1870. The van der Waals surface area contributed by atoms with Gasteiger partial charge in [0.15, 0.2) is 5.82 Å². The van der Waals surface area contributed by atoms with Crippen LogP contribution in [0.2, 0.25) is 0 Å². The van der Waals surface area contributed by atoms with Gasteiger partial charge in [-0.2, -0.15) is 19.0 Å². The topological polar surface area (TPSA) is 195 Å². The molecule has 0 spiro atoms. The van der Waals surface area contributed by atoms with E-state index in [-0.39, 0.29) is 70.1 Å². The predicted octanol–water partition coefficient (Wildman–Crippen LogP) is -1.21. The normalized spacial score (nSPS) is 12.7. The average molecular weight is 749 g/mol. The zero-order valence-corrected chi connectivity index (χ0v) is 34.4. The van der Waals surface area contributed by atoms with Crippen LogP contribution < -0.4 is 79.8 Å². The molecule has 0 aliphatic carbocycles. The molecule has 0 bridgehead atoms. The number of hydrogen-bond acceptors (Lipinski definition) is 15. The summed E-state index contributed by atoms with van der Waals surface area (Å²) in [6, 6.07) is 21.4. The van der Waals surface area contributed by atoms with Crippen molar-refractivity contribution < 1.29 is 93.2 Å². The van der Waals surface area contributed by atoms with Crippen LogP contribution in [0.5, 0.6) is 0 Å². The van der Waals surface area contributed by atoms with Gasteiger partial charge in [0.1, 0.15) is 5.71 Å². The molecule has 0 saturated carbocycles. The number of carbonyl (C=O) groups is 1. The molecule has 19 heteroatoms. The number of anilines is 2. The Morgan fingerprint density at radius 3 is 2.18 bits per heavy atom. The van der Waals surface area contributed by atoms with E-state index < -0.39 is 5.91 Å². The van der Waals surface area contributed by atoms with E-state index in [1.165, 1.54) is 23.0 Å². The molecule has 0 fully saturated rings. The first-order valence-electron chi connectivity index (χ1n) is 14.8. The number of aliphatic imine (C=N–C) groups is 1. The minimum Gasteiger partial charge on any atom is -0.691 e. The van der Waals surface area contributed by atoms with E-state index in [1.807, 2.05) is 24.3 Å². The van der Waals surface area contributed by atoms with Gasteiger partial charge in [-0.1, -0.05) is 20.8 Å². The summed E-state index contributed by atoms with van der Waals surface area (Å²) in [6.07, 6.45) is 0.447. The maximum absolute atomic E-state index is 13.1. The third-order valence-electron chi connectivity index (χ3n) is 7.12. The fourth-order valence-corrected chi connectivity index (χ4v) is 5.82. The molecular formula is C32H30N8Na2O7S2. The van der Waals surface area contributed by atoms with Gasteiger partial charge in [0, 0.05) is 50.8 Å². The van der Waals surface area contributed by atoms with Gasteiger partial charge in [-0.15, -0.1) is 9.89 Å². The largest absolute Gasteiger partial charge is 1.00 e. The summed E-state index contributed by atoms with van der Waals surface area (Å²) < 4.78 is 8.68. The van der Waals surface area contributed by atoms with E-state index in [1.54, 1.807) is 24.3 Å². The van der Waals surface area contributed by atoms with Crippen LogP contribution in [-0.2, 0) is 18.7 Å². The molecule has 1 amide bonds. The van der Waals surface area contributed by atoms with Gasteiger partial charge in [-0.25, -0.2) is 9.98 Å². The molecule has 5 rings (SSSR count). The molecule has 254 valence electrons. The standard InChI is InChI=1S/C32H32N8O7S2.2Na/c1-5-39(16-6-15-33)24-13-11-22(12-14-24)34-27-28(32(2,3)4)37-40-30(27)36-29(38-40)20-7-9-23(10-8-20)35-31(41)21-17-25(48-46-44-42)19-26(18-21)49-47-45-43;;/h7-14,17-19,42-43H,5-6,16H2,1-4H3,(H,35,41);;/q;2*+1/p-2. The number of hydrogen-bond donors (Lipinski definition) is 1. The number of aromatic nitrogens is 3. The van der Waals surface area contributed by atoms with Gasteiger partial charge in [0.25, 0.3) is 5.91 Å².